The van der Waals surface area contributed by atoms with Crippen LogP contribution >= 0.6 is 0 Å². The zero-order valence-electron chi connectivity index (χ0n) is 13.2. The number of nitro benzene ring substituents is 1. The highest BCUT2D eigenvalue weighted by Gasteiger charge is 2.31. The van der Waals surface area contributed by atoms with Gasteiger partial charge in [0.1, 0.15) is 5.69 Å². The van der Waals surface area contributed by atoms with Crippen LogP contribution < -0.4 is 5.32 Å². The Morgan fingerprint density at radius 3 is 2.76 bits per heavy atom. The Labute approximate surface area is 142 Å². The van der Waals surface area contributed by atoms with Crippen molar-refractivity contribution in [3.63, 3.8) is 0 Å². The van der Waals surface area contributed by atoms with Gasteiger partial charge in [-0.25, -0.2) is 4.98 Å². The van der Waals surface area contributed by atoms with E-state index in [1.165, 1.54) is 35.3 Å². The second-order valence-electron chi connectivity index (χ2n) is 5.95. The highest BCUT2D eigenvalue weighted by atomic mass is 16.6. The summed E-state index contributed by atoms with van der Waals surface area (Å²) in [7, 11) is 0. The SMILES string of the molecule is O=C(N[C@H]1CC[C@@H](C(=O)O)C1)c1ccc(-n2ccnc2)c([N+](=O)[O-])c1. The number of carboxylic acids is 1. The molecule has 0 saturated heterocycles. The number of aliphatic carboxylic acids is 1. The molecule has 2 atom stereocenters. The van der Waals surface area contributed by atoms with E-state index in [0.29, 0.717) is 24.9 Å². The van der Waals surface area contributed by atoms with E-state index in [1.807, 2.05) is 0 Å². The Hall–Kier alpha value is -3.23. The number of carbonyl (C=O) groups is 2. The maximum Gasteiger partial charge on any atom is 0.306 e. The number of nitrogens with zero attached hydrogens (tertiary/aromatic N) is 3. The fraction of sp³-hybridized carbons (Fsp3) is 0.312. The summed E-state index contributed by atoms with van der Waals surface area (Å²) < 4.78 is 1.49. The number of amides is 1. The summed E-state index contributed by atoms with van der Waals surface area (Å²) in [5.74, 6) is -1.77. The molecule has 0 spiro atoms. The first-order valence-electron chi connectivity index (χ1n) is 7.76. The van der Waals surface area contributed by atoms with Crippen molar-refractivity contribution in [2.75, 3.05) is 0 Å². The number of imidazole rings is 1. The molecule has 25 heavy (non-hydrogen) atoms. The van der Waals surface area contributed by atoms with Crippen LogP contribution in [-0.2, 0) is 4.79 Å². The van der Waals surface area contributed by atoms with E-state index in [4.69, 9.17) is 5.11 Å². The Bertz CT molecular complexity index is 818. The third-order valence-electron chi connectivity index (χ3n) is 4.33. The molecule has 1 fully saturated rings. The first-order chi connectivity index (χ1) is 12.0. The van der Waals surface area contributed by atoms with Crippen molar-refractivity contribution in [1.82, 2.24) is 14.9 Å². The third kappa shape index (κ3) is 3.49. The van der Waals surface area contributed by atoms with E-state index in [9.17, 15) is 19.7 Å². The van der Waals surface area contributed by atoms with Crippen LogP contribution in [0.1, 0.15) is 29.6 Å². The van der Waals surface area contributed by atoms with E-state index in [-0.39, 0.29) is 17.3 Å². The lowest BCUT2D eigenvalue weighted by Crippen LogP contribution is -2.33. The smallest absolute Gasteiger partial charge is 0.306 e. The zero-order chi connectivity index (χ0) is 18.0. The Morgan fingerprint density at radius 2 is 2.16 bits per heavy atom. The minimum absolute atomic E-state index is 0.161. The fourth-order valence-electron chi connectivity index (χ4n) is 3.04. The number of aromatic nitrogens is 2. The van der Waals surface area contributed by atoms with Crippen LogP contribution in [0.2, 0.25) is 0 Å². The van der Waals surface area contributed by atoms with Gasteiger partial charge in [0, 0.05) is 30.1 Å². The van der Waals surface area contributed by atoms with Crippen molar-refractivity contribution in [2.45, 2.75) is 25.3 Å². The number of nitro groups is 1. The third-order valence-corrected chi connectivity index (χ3v) is 4.33. The molecule has 9 nitrogen and oxygen atoms in total. The number of hydrogen-bond donors (Lipinski definition) is 2. The molecule has 1 aliphatic carbocycles. The molecule has 9 heteroatoms. The van der Waals surface area contributed by atoms with Crippen LogP contribution in [0, 0.1) is 16.0 Å². The maximum absolute atomic E-state index is 12.3. The van der Waals surface area contributed by atoms with Crippen molar-refractivity contribution < 1.29 is 19.6 Å². The summed E-state index contributed by atoms with van der Waals surface area (Å²) in [5.41, 5.74) is 0.265. The zero-order valence-corrected chi connectivity index (χ0v) is 13.2. The number of nitrogens with one attached hydrogen (secondary N) is 1. The fourth-order valence-corrected chi connectivity index (χ4v) is 3.04. The van der Waals surface area contributed by atoms with Gasteiger partial charge in [0.2, 0.25) is 0 Å². The molecular weight excluding hydrogens is 328 g/mol. The number of hydrogen-bond acceptors (Lipinski definition) is 5. The molecule has 0 bridgehead atoms. The number of carbonyl (C=O) groups excluding carboxylic acids is 1. The van der Waals surface area contributed by atoms with Gasteiger partial charge >= 0.3 is 5.97 Å². The molecule has 2 N–H and O–H groups in total. The second kappa shape index (κ2) is 6.71. The van der Waals surface area contributed by atoms with E-state index >= 15 is 0 Å². The largest absolute Gasteiger partial charge is 0.481 e. The molecule has 1 aromatic carbocycles. The molecule has 2 aromatic rings. The predicted octanol–water partition coefficient (Wildman–Crippen LogP) is 1.76. The maximum atomic E-state index is 12.3. The van der Waals surface area contributed by atoms with Crippen LogP contribution in [0.5, 0.6) is 0 Å². The van der Waals surface area contributed by atoms with Crippen LogP contribution in [0.4, 0.5) is 5.69 Å². The standard InChI is InChI=1S/C16H16N4O5/c21-15(18-12-3-1-11(7-12)16(22)23)10-2-4-13(14(8-10)20(24)25)19-6-5-17-9-19/h2,4-6,8-9,11-12H,1,3,7H2,(H,18,21)(H,22,23)/t11-,12+/m1/s1. The highest BCUT2D eigenvalue weighted by Crippen LogP contribution is 2.27. The topological polar surface area (TPSA) is 127 Å². The Morgan fingerprint density at radius 1 is 1.36 bits per heavy atom. The van der Waals surface area contributed by atoms with Crippen LogP contribution in [0.25, 0.3) is 5.69 Å². The van der Waals surface area contributed by atoms with Crippen LogP contribution in [-0.4, -0.2) is 37.5 Å². The van der Waals surface area contributed by atoms with Gasteiger partial charge in [-0.05, 0) is 31.4 Å². The molecule has 3 rings (SSSR count). The summed E-state index contributed by atoms with van der Waals surface area (Å²) in [6, 6.07) is 3.97. The molecular formula is C16H16N4O5. The quantitative estimate of drug-likeness (QED) is 0.628. The molecule has 130 valence electrons. The lowest BCUT2D eigenvalue weighted by Gasteiger charge is -2.13. The van der Waals surface area contributed by atoms with Gasteiger partial charge in [-0.2, -0.15) is 0 Å². The lowest BCUT2D eigenvalue weighted by molar-refractivity contribution is -0.384. The van der Waals surface area contributed by atoms with Crippen molar-refractivity contribution in [1.29, 1.82) is 0 Å². The first kappa shape index (κ1) is 16.6. The van der Waals surface area contributed by atoms with Crippen LogP contribution in [0.15, 0.2) is 36.9 Å². The molecule has 0 unspecified atom stereocenters. The first-order valence-corrected chi connectivity index (χ1v) is 7.76. The molecule has 0 aliphatic heterocycles. The van der Waals surface area contributed by atoms with Crippen molar-refractivity contribution >= 4 is 17.6 Å². The van der Waals surface area contributed by atoms with E-state index in [1.54, 1.807) is 6.20 Å². The number of benzene rings is 1. The molecule has 0 radical (unpaired) electrons. The van der Waals surface area contributed by atoms with Gasteiger partial charge in [-0.3, -0.25) is 19.7 Å². The van der Waals surface area contributed by atoms with Gasteiger partial charge < -0.3 is 15.0 Å². The molecule has 1 aliphatic rings. The number of carboxylic acid groups (broad SMARTS) is 1. The lowest BCUT2D eigenvalue weighted by atomic mass is 10.1. The minimum atomic E-state index is -0.864. The normalized spacial score (nSPS) is 19.5. The van der Waals surface area contributed by atoms with E-state index < -0.39 is 22.7 Å². The molecule has 1 heterocycles. The van der Waals surface area contributed by atoms with Crippen molar-refractivity contribution in [3.8, 4) is 5.69 Å². The Kier molecular flexibility index (Phi) is 4.46. The molecule has 1 amide bonds. The summed E-state index contributed by atoms with van der Waals surface area (Å²) in [6.45, 7) is 0. The predicted molar refractivity (Wildman–Crippen MR) is 86.4 cm³/mol. The van der Waals surface area contributed by atoms with Gasteiger partial charge in [-0.15, -0.1) is 0 Å². The minimum Gasteiger partial charge on any atom is -0.481 e. The summed E-state index contributed by atoms with van der Waals surface area (Å²) in [6.07, 6.45) is 5.98. The Balaban J connectivity index is 1.78. The molecule has 1 saturated carbocycles. The monoisotopic (exact) mass is 344 g/mol. The number of rotatable bonds is 5. The highest BCUT2D eigenvalue weighted by molar-refractivity contribution is 5.95. The summed E-state index contributed by atoms with van der Waals surface area (Å²) in [4.78, 5) is 38.0. The van der Waals surface area contributed by atoms with Crippen molar-refractivity contribution in [2.24, 2.45) is 5.92 Å². The van der Waals surface area contributed by atoms with Gasteiger partial charge in [0.25, 0.3) is 11.6 Å². The average Bonchev–Trinajstić information content (AvgIpc) is 3.26. The van der Waals surface area contributed by atoms with Gasteiger partial charge in [0.05, 0.1) is 17.2 Å². The summed E-state index contributed by atoms with van der Waals surface area (Å²) in [5, 5.41) is 23.1. The second-order valence-corrected chi connectivity index (χ2v) is 5.95. The average molecular weight is 344 g/mol. The summed E-state index contributed by atoms with van der Waals surface area (Å²) >= 11 is 0. The van der Waals surface area contributed by atoms with Crippen LogP contribution in [0.3, 0.4) is 0 Å². The van der Waals surface area contributed by atoms with E-state index in [0.717, 1.165) is 0 Å². The van der Waals surface area contributed by atoms with Gasteiger partial charge in [-0.1, -0.05) is 0 Å². The van der Waals surface area contributed by atoms with Crippen molar-refractivity contribution in [3.05, 3.63) is 52.6 Å². The molecule has 1 aromatic heterocycles. The van der Waals surface area contributed by atoms with E-state index in [2.05, 4.69) is 10.3 Å². The van der Waals surface area contributed by atoms with Gasteiger partial charge in [0.15, 0.2) is 0 Å².